The summed E-state index contributed by atoms with van der Waals surface area (Å²) < 4.78 is 42.6. The van der Waals surface area contributed by atoms with Gasteiger partial charge in [-0.15, -0.1) is 11.3 Å². The number of hydrogen-bond donors (Lipinski definition) is 1. The van der Waals surface area contributed by atoms with Gasteiger partial charge in [0.1, 0.15) is 5.82 Å². The maximum atomic E-state index is 14.5. The van der Waals surface area contributed by atoms with Crippen LogP contribution in [0.5, 0.6) is 0 Å². The third-order valence-corrected chi connectivity index (χ3v) is 7.16. The molecule has 0 radical (unpaired) electrons. The first-order chi connectivity index (χ1) is 14.0. The highest BCUT2D eigenvalue weighted by molar-refractivity contribution is 7.90. The molecule has 0 aliphatic carbocycles. The van der Waals surface area contributed by atoms with Crippen molar-refractivity contribution in [2.24, 2.45) is 0 Å². The van der Waals surface area contributed by atoms with Crippen molar-refractivity contribution in [3.63, 3.8) is 0 Å². The van der Waals surface area contributed by atoms with Gasteiger partial charge < -0.3 is 5.32 Å². The van der Waals surface area contributed by atoms with Gasteiger partial charge in [0.15, 0.2) is 0 Å². The van der Waals surface area contributed by atoms with Crippen LogP contribution in [0.4, 0.5) is 4.39 Å². The van der Waals surface area contributed by atoms with Gasteiger partial charge >= 0.3 is 0 Å². The van der Waals surface area contributed by atoms with Crippen LogP contribution in [0, 0.1) is 5.82 Å². The zero-order chi connectivity index (χ0) is 20.4. The van der Waals surface area contributed by atoms with E-state index in [1.807, 2.05) is 23.6 Å². The van der Waals surface area contributed by atoms with Gasteiger partial charge in [-0.1, -0.05) is 30.3 Å². The van der Waals surface area contributed by atoms with Crippen LogP contribution in [-0.4, -0.2) is 19.4 Å². The minimum Gasteiger partial charge on any atom is -0.316 e. The summed E-state index contributed by atoms with van der Waals surface area (Å²) in [7, 11) is -2.14. The van der Waals surface area contributed by atoms with Crippen molar-refractivity contribution in [1.29, 1.82) is 0 Å². The smallest absolute Gasteiger partial charge is 0.268 e. The molecule has 0 saturated carbocycles. The highest BCUT2D eigenvalue weighted by atomic mass is 32.2. The standard InChI is InChI=1S/C22H19FN2O2S2/c1-24-14-16-12-21(19-8-2-3-9-20(19)23)25(15-16)29(26,27)18-7-4-6-17(13-18)22-10-5-11-28-22/h2-13,15,24H,14H2,1H3. The predicted octanol–water partition coefficient (Wildman–Crippen LogP) is 4.98. The molecule has 0 fully saturated rings. The number of aromatic nitrogens is 1. The summed E-state index contributed by atoms with van der Waals surface area (Å²) in [5, 5.41) is 4.96. The quantitative estimate of drug-likeness (QED) is 0.473. The molecule has 2 heterocycles. The molecule has 0 unspecified atom stereocenters. The van der Waals surface area contributed by atoms with Gasteiger partial charge in [-0.05, 0) is 60.0 Å². The summed E-state index contributed by atoms with van der Waals surface area (Å²) in [6, 6.07) is 18.6. The zero-order valence-electron chi connectivity index (χ0n) is 15.7. The lowest BCUT2D eigenvalue weighted by Gasteiger charge is -2.12. The van der Waals surface area contributed by atoms with Gasteiger partial charge in [-0.25, -0.2) is 16.8 Å². The normalized spacial score (nSPS) is 11.7. The number of thiophene rings is 1. The molecule has 29 heavy (non-hydrogen) atoms. The third kappa shape index (κ3) is 3.76. The van der Waals surface area contributed by atoms with E-state index < -0.39 is 15.8 Å². The molecule has 0 bridgehead atoms. The monoisotopic (exact) mass is 426 g/mol. The van der Waals surface area contributed by atoms with Crippen molar-refractivity contribution in [2.75, 3.05) is 7.05 Å². The van der Waals surface area contributed by atoms with Crippen LogP contribution in [0.1, 0.15) is 5.56 Å². The van der Waals surface area contributed by atoms with Crippen LogP contribution >= 0.6 is 11.3 Å². The molecule has 4 nitrogen and oxygen atoms in total. The van der Waals surface area contributed by atoms with Gasteiger partial charge in [0.2, 0.25) is 0 Å². The number of halogens is 1. The Labute approximate surface area is 173 Å². The average Bonchev–Trinajstić information content (AvgIpc) is 3.39. The van der Waals surface area contributed by atoms with Crippen LogP contribution in [0.3, 0.4) is 0 Å². The van der Waals surface area contributed by atoms with Crippen molar-refractivity contribution >= 4 is 21.4 Å². The molecule has 4 aromatic rings. The summed E-state index contributed by atoms with van der Waals surface area (Å²) >= 11 is 1.54. The Morgan fingerprint density at radius 2 is 1.86 bits per heavy atom. The van der Waals surface area contributed by atoms with Crippen LogP contribution < -0.4 is 5.32 Å². The SMILES string of the molecule is CNCc1cc(-c2ccccc2F)n(S(=O)(=O)c2cccc(-c3cccs3)c2)c1. The molecule has 7 heteroatoms. The number of nitrogens with one attached hydrogen (secondary N) is 1. The molecule has 1 N–H and O–H groups in total. The van der Waals surface area contributed by atoms with Gasteiger partial charge in [0.05, 0.1) is 10.6 Å². The van der Waals surface area contributed by atoms with E-state index in [9.17, 15) is 12.8 Å². The molecule has 0 amide bonds. The molecule has 2 aromatic heterocycles. The van der Waals surface area contributed by atoms with E-state index in [2.05, 4.69) is 5.32 Å². The maximum absolute atomic E-state index is 14.5. The van der Waals surface area contributed by atoms with E-state index in [-0.39, 0.29) is 10.5 Å². The fourth-order valence-electron chi connectivity index (χ4n) is 3.23. The fraction of sp³-hybridized carbons (Fsp3) is 0.0909. The average molecular weight is 427 g/mol. The van der Waals surface area contributed by atoms with E-state index in [1.165, 1.54) is 10.0 Å². The largest absolute Gasteiger partial charge is 0.316 e. The molecule has 0 spiro atoms. The lowest BCUT2D eigenvalue weighted by Crippen LogP contribution is -2.14. The van der Waals surface area contributed by atoms with Gasteiger partial charge in [-0.2, -0.15) is 0 Å². The maximum Gasteiger partial charge on any atom is 0.268 e. The molecule has 4 rings (SSSR count). The second-order valence-electron chi connectivity index (χ2n) is 6.55. The first-order valence-corrected chi connectivity index (χ1v) is 11.3. The van der Waals surface area contributed by atoms with Crippen molar-refractivity contribution < 1.29 is 12.8 Å². The first kappa shape index (κ1) is 19.6. The number of rotatable bonds is 6. The molecule has 2 aromatic carbocycles. The first-order valence-electron chi connectivity index (χ1n) is 9.01. The Balaban J connectivity index is 1.87. The second-order valence-corrected chi connectivity index (χ2v) is 9.31. The lowest BCUT2D eigenvalue weighted by atomic mass is 10.1. The Morgan fingerprint density at radius 1 is 1.03 bits per heavy atom. The predicted molar refractivity (Wildman–Crippen MR) is 115 cm³/mol. The van der Waals surface area contributed by atoms with E-state index in [0.29, 0.717) is 12.2 Å². The van der Waals surface area contributed by atoms with Gasteiger partial charge in [0, 0.05) is 23.2 Å². The molecule has 0 aliphatic rings. The van der Waals surface area contributed by atoms with Crippen molar-refractivity contribution in [3.05, 3.63) is 89.7 Å². The van der Waals surface area contributed by atoms with E-state index >= 15 is 0 Å². The molecule has 0 aliphatic heterocycles. The van der Waals surface area contributed by atoms with Crippen LogP contribution in [-0.2, 0) is 16.6 Å². The minimum absolute atomic E-state index is 0.160. The van der Waals surface area contributed by atoms with Crippen molar-refractivity contribution in [2.45, 2.75) is 11.4 Å². The molecular weight excluding hydrogens is 407 g/mol. The minimum atomic E-state index is -3.92. The third-order valence-electron chi connectivity index (χ3n) is 4.57. The Hall–Kier alpha value is -2.74. The zero-order valence-corrected chi connectivity index (χ0v) is 17.3. The van der Waals surface area contributed by atoms with Crippen LogP contribution in [0.15, 0.2) is 83.2 Å². The van der Waals surface area contributed by atoms with Gasteiger partial charge in [-0.3, -0.25) is 0 Å². The van der Waals surface area contributed by atoms with Crippen molar-refractivity contribution in [3.8, 4) is 21.7 Å². The summed E-state index contributed by atoms with van der Waals surface area (Å²) in [5.41, 5.74) is 2.13. The fourth-order valence-corrected chi connectivity index (χ4v) is 5.39. The van der Waals surface area contributed by atoms with Crippen molar-refractivity contribution in [1.82, 2.24) is 9.29 Å². The molecule has 0 atom stereocenters. The topological polar surface area (TPSA) is 51.1 Å². The molecular formula is C22H19FN2O2S2. The molecule has 0 saturated heterocycles. The molecule has 148 valence electrons. The Bertz CT molecular complexity index is 1250. The highest BCUT2D eigenvalue weighted by Crippen LogP contribution is 2.31. The highest BCUT2D eigenvalue weighted by Gasteiger charge is 2.23. The number of benzene rings is 2. The number of nitrogens with zero attached hydrogens (tertiary/aromatic N) is 1. The van der Waals surface area contributed by atoms with Crippen LogP contribution in [0.2, 0.25) is 0 Å². The summed E-state index contributed by atoms with van der Waals surface area (Å²) in [4.78, 5) is 1.15. The summed E-state index contributed by atoms with van der Waals surface area (Å²) in [5.74, 6) is -0.467. The van der Waals surface area contributed by atoms with E-state index in [0.717, 1.165) is 16.0 Å². The van der Waals surface area contributed by atoms with E-state index in [4.69, 9.17) is 0 Å². The Morgan fingerprint density at radius 3 is 2.59 bits per heavy atom. The Kier molecular flexibility index (Phi) is 5.36. The lowest BCUT2D eigenvalue weighted by molar-refractivity contribution is 0.587. The second kappa shape index (κ2) is 7.94. The van der Waals surface area contributed by atoms with Gasteiger partial charge in [0.25, 0.3) is 10.0 Å². The summed E-state index contributed by atoms with van der Waals surface area (Å²) in [6.07, 6.45) is 1.55. The summed E-state index contributed by atoms with van der Waals surface area (Å²) in [6.45, 7) is 0.471. The number of hydrogen-bond acceptors (Lipinski definition) is 4. The van der Waals surface area contributed by atoms with Crippen LogP contribution in [0.25, 0.3) is 21.7 Å². The van der Waals surface area contributed by atoms with E-state index in [1.54, 1.807) is 67.0 Å².